The van der Waals surface area contributed by atoms with E-state index in [1.54, 1.807) is 19.2 Å². The third kappa shape index (κ3) is 4.56. The first kappa shape index (κ1) is 17.0. The van der Waals surface area contributed by atoms with Crippen molar-refractivity contribution >= 4 is 23.0 Å². The van der Waals surface area contributed by atoms with Crippen LogP contribution < -0.4 is 20.1 Å². The second-order valence-corrected chi connectivity index (χ2v) is 5.35. The highest BCUT2D eigenvalue weighted by Gasteiger charge is 2.11. The van der Waals surface area contributed by atoms with Crippen LogP contribution in [0.3, 0.4) is 0 Å². The van der Waals surface area contributed by atoms with Gasteiger partial charge in [0.1, 0.15) is 5.75 Å². The molecular weight excluding hydrogens is 315 g/mol. The van der Waals surface area contributed by atoms with E-state index >= 15 is 0 Å². The van der Waals surface area contributed by atoms with Crippen molar-refractivity contribution < 1.29 is 13.9 Å². The number of ether oxygens (including phenoxy) is 2. The van der Waals surface area contributed by atoms with Crippen molar-refractivity contribution in [2.75, 3.05) is 19.5 Å². The molecule has 0 aliphatic carbocycles. The van der Waals surface area contributed by atoms with Crippen LogP contribution in [0.25, 0.3) is 0 Å². The lowest BCUT2D eigenvalue weighted by molar-refractivity contribution is 0.386. The highest BCUT2D eigenvalue weighted by molar-refractivity contribution is 7.80. The fourth-order valence-corrected chi connectivity index (χ4v) is 2.39. The van der Waals surface area contributed by atoms with Gasteiger partial charge < -0.3 is 20.1 Å². The molecule has 0 saturated carbocycles. The zero-order valence-corrected chi connectivity index (χ0v) is 14.0. The number of halogens is 1. The van der Waals surface area contributed by atoms with Gasteiger partial charge >= 0.3 is 0 Å². The Balaban J connectivity index is 2.00. The van der Waals surface area contributed by atoms with Crippen molar-refractivity contribution in [3.05, 3.63) is 53.8 Å². The third-order valence-electron chi connectivity index (χ3n) is 3.35. The number of nitrogens with one attached hydrogen (secondary N) is 2. The van der Waals surface area contributed by atoms with Gasteiger partial charge in [0, 0.05) is 11.8 Å². The molecule has 0 fully saturated rings. The van der Waals surface area contributed by atoms with Crippen molar-refractivity contribution in [3.63, 3.8) is 0 Å². The quantitative estimate of drug-likeness (QED) is 0.812. The van der Waals surface area contributed by atoms with Crippen LogP contribution in [0.1, 0.15) is 18.5 Å². The minimum atomic E-state index is -0.398. The summed E-state index contributed by atoms with van der Waals surface area (Å²) in [7, 11) is 3.04. The standard InChI is InChI=1S/C17H19FN2O2S/c1-11(12-7-8-16(22-3)15(18)9-12)19-17(23)20-13-5-4-6-14(10-13)21-2/h4-11H,1-3H3,(H2,19,20,23)/t11-/m1/s1. The molecule has 2 aromatic rings. The zero-order valence-electron chi connectivity index (χ0n) is 13.2. The molecule has 122 valence electrons. The smallest absolute Gasteiger partial charge is 0.171 e. The van der Waals surface area contributed by atoms with Crippen molar-refractivity contribution in [1.29, 1.82) is 0 Å². The van der Waals surface area contributed by atoms with Gasteiger partial charge in [0.05, 0.1) is 20.3 Å². The average Bonchev–Trinajstić information content (AvgIpc) is 2.54. The molecule has 0 heterocycles. The maximum atomic E-state index is 13.8. The summed E-state index contributed by atoms with van der Waals surface area (Å²) in [6.45, 7) is 1.90. The zero-order chi connectivity index (χ0) is 16.8. The Labute approximate surface area is 140 Å². The Morgan fingerprint density at radius 2 is 1.91 bits per heavy atom. The van der Waals surface area contributed by atoms with Gasteiger partial charge in [0.2, 0.25) is 0 Å². The van der Waals surface area contributed by atoms with Gasteiger partial charge in [-0.1, -0.05) is 12.1 Å². The first-order valence-electron chi connectivity index (χ1n) is 7.08. The van der Waals surface area contributed by atoms with Crippen molar-refractivity contribution in [1.82, 2.24) is 5.32 Å². The highest BCUT2D eigenvalue weighted by atomic mass is 32.1. The molecule has 2 aromatic carbocycles. The van der Waals surface area contributed by atoms with Gasteiger partial charge in [-0.15, -0.1) is 0 Å². The monoisotopic (exact) mass is 334 g/mol. The molecule has 0 unspecified atom stereocenters. The molecule has 0 amide bonds. The van der Waals surface area contributed by atoms with E-state index in [4.69, 9.17) is 21.7 Å². The summed E-state index contributed by atoms with van der Waals surface area (Å²) in [6.07, 6.45) is 0. The molecule has 1 atom stereocenters. The molecule has 0 aliphatic rings. The topological polar surface area (TPSA) is 42.5 Å². The van der Waals surface area contributed by atoms with Crippen molar-refractivity contribution in [3.8, 4) is 11.5 Å². The van der Waals surface area contributed by atoms with E-state index in [0.29, 0.717) is 5.11 Å². The van der Waals surface area contributed by atoms with Crippen LogP contribution in [-0.4, -0.2) is 19.3 Å². The van der Waals surface area contributed by atoms with Crippen LogP contribution in [0.15, 0.2) is 42.5 Å². The summed E-state index contributed by atoms with van der Waals surface area (Å²) in [4.78, 5) is 0. The molecule has 0 spiro atoms. The average molecular weight is 334 g/mol. The molecule has 0 aliphatic heterocycles. The largest absolute Gasteiger partial charge is 0.497 e. The molecule has 0 bridgehead atoms. The highest BCUT2D eigenvalue weighted by Crippen LogP contribution is 2.22. The molecule has 2 N–H and O–H groups in total. The minimum Gasteiger partial charge on any atom is -0.497 e. The van der Waals surface area contributed by atoms with Crippen molar-refractivity contribution in [2.45, 2.75) is 13.0 Å². The van der Waals surface area contributed by atoms with E-state index in [1.807, 2.05) is 31.2 Å². The van der Waals surface area contributed by atoms with E-state index in [-0.39, 0.29) is 11.8 Å². The van der Waals surface area contributed by atoms with Crippen LogP contribution in [0.4, 0.5) is 10.1 Å². The molecular formula is C17H19FN2O2S. The predicted molar refractivity (Wildman–Crippen MR) is 93.7 cm³/mol. The maximum Gasteiger partial charge on any atom is 0.171 e. The second-order valence-electron chi connectivity index (χ2n) is 4.95. The Kier molecular flexibility index (Phi) is 5.76. The number of rotatable bonds is 5. The lowest BCUT2D eigenvalue weighted by Gasteiger charge is -2.18. The van der Waals surface area contributed by atoms with Gasteiger partial charge in [-0.2, -0.15) is 0 Å². The molecule has 0 aromatic heterocycles. The molecule has 6 heteroatoms. The summed E-state index contributed by atoms with van der Waals surface area (Å²) >= 11 is 5.29. The van der Waals surface area contributed by atoms with E-state index in [1.165, 1.54) is 13.2 Å². The Bertz CT molecular complexity index is 694. The first-order valence-corrected chi connectivity index (χ1v) is 7.49. The molecule has 4 nitrogen and oxygen atoms in total. The molecule has 0 saturated heterocycles. The fourth-order valence-electron chi connectivity index (χ4n) is 2.10. The Hall–Kier alpha value is -2.34. The maximum absolute atomic E-state index is 13.8. The van der Waals surface area contributed by atoms with Crippen LogP contribution in [0, 0.1) is 5.82 Å². The van der Waals surface area contributed by atoms with Gasteiger partial charge in [-0.3, -0.25) is 0 Å². The summed E-state index contributed by atoms with van der Waals surface area (Å²) in [5, 5.41) is 6.64. The lowest BCUT2D eigenvalue weighted by atomic mass is 10.1. The summed E-state index contributed by atoms with van der Waals surface area (Å²) in [5.74, 6) is 0.562. The van der Waals surface area contributed by atoms with Gasteiger partial charge in [0.25, 0.3) is 0 Å². The van der Waals surface area contributed by atoms with E-state index in [9.17, 15) is 4.39 Å². The fraction of sp³-hybridized carbons (Fsp3) is 0.235. The molecule has 0 radical (unpaired) electrons. The predicted octanol–water partition coefficient (Wildman–Crippen LogP) is 3.89. The number of thiocarbonyl (C=S) groups is 1. The van der Waals surface area contributed by atoms with E-state index in [2.05, 4.69) is 10.6 Å². The third-order valence-corrected chi connectivity index (χ3v) is 3.57. The van der Waals surface area contributed by atoms with Crippen LogP contribution >= 0.6 is 12.2 Å². The van der Waals surface area contributed by atoms with E-state index < -0.39 is 5.82 Å². The summed E-state index contributed by atoms with van der Waals surface area (Å²) in [5.41, 5.74) is 1.59. The number of anilines is 1. The van der Waals surface area contributed by atoms with E-state index in [0.717, 1.165) is 17.0 Å². The Morgan fingerprint density at radius 1 is 1.13 bits per heavy atom. The summed E-state index contributed by atoms with van der Waals surface area (Å²) < 4.78 is 23.8. The Morgan fingerprint density at radius 3 is 2.57 bits per heavy atom. The molecule has 2 rings (SSSR count). The number of methoxy groups -OCH3 is 2. The number of hydrogen-bond donors (Lipinski definition) is 2. The second kappa shape index (κ2) is 7.78. The van der Waals surface area contributed by atoms with Crippen LogP contribution in [0.2, 0.25) is 0 Å². The van der Waals surface area contributed by atoms with Crippen LogP contribution in [-0.2, 0) is 0 Å². The van der Waals surface area contributed by atoms with Gasteiger partial charge in [-0.05, 0) is 49.0 Å². The minimum absolute atomic E-state index is 0.152. The SMILES string of the molecule is COc1cccc(NC(=S)N[C@H](C)c2ccc(OC)c(F)c2)c1. The van der Waals surface area contributed by atoms with Gasteiger partial charge in [0.15, 0.2) is 16.7 Å². The molecule has 23 heavy (non-hydrogen) atoms. The first-order chi connectivity index (χ1) is 11.0. The summed E-state index contributed by atoms with van der Waals surface area (Å²) in [6, 6.07) is 12.1. The lowest BCUT2D eigenvalue weighted by Crippen LogP contribution is -2.30. The van der Waals surface area contributed by atoms with Crippen molar-refractivity contribution in [2.24, 2.45) is 0 Å². The van der Waals surface area contributed by atoms with Gasteiger partial charge in [-0.25, -0.2) is 4.39 Å². The van der Waals surface area contributed by atoms with Crippen LogP contribution in [0.5, 0.6) is 11.5 Å². The number of benzene rings is 2. The number of hydrogen-bond acceptors (Lipinski definition) is 3. The normalized spacial score (nSPS) is 11.5.